The molecule has 0 spiro atoms. The van der Waals surface area contributed by atoms with Gasteiger partial charge in [-0.1, -0.05) is 6.07 Å². The van der Waals surface area contributed by atoms with Crippen molar-refractivity contribution < 1.29 is 0 Å². The van der Waals surface area contributed by atoms with Gasteiger partial charge in [-0.3, -0.25) is 0 Å². The van der Waals surface area contributed by atoms with Crippen molar-refractivity contribution in [2.75, 3.05) is 18.4 Å². The van der Waals surface area contributed by atoms with Gasteiger partial charge in [0.25, 0.3) is 0 Å². The maximum atomic E-state index is 4.43. The van der Waals surface area contributed by atoms with Crippen molar-refractivity contribution in [2.24, 2.45) is 5.92 Å². The van der Waals surface area contributed by atoms with E-state index >= 15 is 0 Å². The molecule has 2 N–H and O–H groups in total. The molecule has 1 fully saturated rings. The van der Waals surface area contributed by atoms with E-state index in [-0.39, 0.29) is 0 Å². The van der Waals surface area contributed by atoms with Crippen LogP contribution in [0.5, 0.6) is 0 Å². The number of rotatable bonds is 4. The molecule has 1 saturated heterocycles. The molecule has 1 aliphatic rings. The van der Waals surface area contributed by atoms with Gasteiger partial charge in [-0.25, -0.2) is 15.0 Å². The predicted molar refractivity (Wildman–Crippen MR) is 83.6 cm³/mol. The summed E-state index contributed by atoms with van der Waals surface area (Å²) in [6, 6.07) is 7.95. The smallest absolute Gasteiger partial charge is 0.135 e. The fourth-order valence-corrected chi connectivity index (χ4v) is 2.70. The van der Waals surface area contributed by atoms with Crippen LogP contribution in [0.4, 0.5) is 11.6 Å². The SMILES string of the molecule is Cc1cccc(Nc2cc(CC3CCNCC3)ncn2)n1. The zero-order valence-electron chi connectivity index (χ0n) is 12.3. The summed E-state index contributed by atoms with van der Waals surface area (Å²) in [5.41, 5.74) is 2.09. The Morgan fingerprint density at radius 1 is 1.19 bits per heavy atom. The van der Waals surface area contributed by atoms with E-state index in [1.807, 2.05) is 31.2 Å². The van der Waals surface area contributed by atoms with Crippen LogP contribution in [-0.2, 0) is 6.42 Å². The van der Waals surface area contributed by atoms with Gasteiger partial charge < -0.3 is 10.6 Å². The van der Waals surface area contributed by atoms with Gasteiger partial charge in [0.1, 0.15) is 18.0 Å². The van der Waals surface area contributed by atoms with Crippen molar-refractivity contribution in [3.05, 3.63) is 42.0 Å². The molecule has 0 saturated carbocycles. The molecule has 0 atom stereocenters. The summed E-state index contributed by atoms with van der Waals surface area (Å²) in [5.74, 6) is 2.36. The Bertz CT molecular complexity index is 593. The summed E-state index contributed by atoms with van der Waals surface area (Å²) in [6.07, 6.45) is 5.12. The van der Waals surface area contributed by atoms with E-state index in [0.717, 1.165) is 48.5 Å². The highest BCUT2D eigenvalue weighted by Crippen LogP contribution is 2.19. The highest BCUT2D eigenvalue weighted by molar-refractivity contribution is 5.51. The molecule has 0 unspecified atom stereocenters. The standard InChI is InChI=1S/C16H21N5/c1-12-3-2-4-15(20-12)21-16-10-14(18-11-19-16)9-13-5-7-17-8-6-13/h2-4,10-11,13,17H,5-9H2,1H3,(H,18,19,20,21). The summed E-state index contributed by atoms with van der Waals surface area (Å²) in [4.78, 5) is 13.1. The average molecular weight is 283 g/mol. The van der Waals surface area contributed by atoms with E-state index in [1.165, 1.54) is 12.8 Å². The highest BCUT2D eigenvalue weighted by Gasteiger charge is 2.14. The molecule has 1 aliphatic heterocycles. The predicted octanol–water partition coefficient (Wildman–Crippen LogP) is 2.47. The van der Waals surface area contributed by atoms with Gasteiger partial charge in [0.05, 0.1) is 0 Å². The third-order valence-electron chi connectivity index (χ3n) is 3.82. The van der Waals surface area contributed by atoms with Crippen molar-refractivity contribution in [1.29, 1.82) is 0 Å². The zero-order valence-corrected chi connectivity index (χ0v) is 12.3. The molecule has 5 nitrogen and oxygen atoms in total. The first kappa shape index (κ1) is 13.9. The van der Waals surface area contributed by atoms with Gasteiger partial charge in [0.2, 0.25) is 0 Å². The second kappa shape index (κ2) is 6.63. The number of aromatic nitrogens is 3. The van der Waals surface area contributed by atoms with E-state index < -0.39 is 0 Å². The van der Waals surface area contributed by atoms with Gasteiger partial charge in [-0.2, -0.15) is 0 Å². The van der Waals surface area contributed by atoms with Crippen molar-refractivity contribution in [1.82, 2.24) is 20.3 Å². The van der Waals surface area contributed by atoms with Crippen LogP contribution in [0.25, 0.3) is 0 Å². The fourth-order valence-electron chi connectivity index (χ4n) is 2.70. The molecule has 3 rings (SSSR count). The van der Waals surface area contributed by atoms with Crippen LogP contribution in [0.2, 0.25) is 0 Å². The lowest BCUT2D eigenvalue weighted by atomic mass is 9.93. The molecule has 0 bridgehead atoms. The van der Waals surface area contributed by atoms with Crippen LogP contribution in [-0.4, -0.2) is 28.0 Å². The second-order valence-electron chi connectivity index (χ2n) is 5.58. The third-order valence-corrected chi connectivity index (χ3v) is 3.82. The van der Waals surface area contributed by atoms with Crippen LogP contribution < -0.4 is 10.6 Å². The van der Waals surface area contributed by atoms with Gasteiger partial charge in [-0.15, -0.1) is 0 Å². The first-order valence-corrected chi connectivity index (χ1v) is 7.52. The van der Waals surface area contributed by atoms with Crippen molar-refractivity contribution in [2.45, 2.75) is 26.2 Å². The first-order chi connectivity index (χ1) is 10.3. The number of piperidine rings is 1. The molecule has 5 heteroatoms. The Morgan fingerprint density at radius 2 is 2.05 bits per heavy atom. The number of hydrogen-bond acceptors (Lipinski definition) is 5. The fraction of sp³-hybridized carbons (Fsp3) is 0.438. The van der Waals surface area contributed by atoms with E-state index in [1.54, 1.807) is 6.33 Å². The number of pyridine rings is 1. The van der Waals surface area contributed by atoms with Crippen LogP contribution in [0, 0.1) is 12.8 Å². The summed E-state index contributed by atoms with van der Waals surface area (Å²) < 4.78 is 0. The van der Waals surface area contributed by atoms with Crippen LogP contribution in [0.3, 0.4) is 0 Å². The van der Waals surface area contributed by atoms with E-state index in [4.69, 9.17) is 0 Å². The van der Waals surface area contributed by atoms with Crippen molar-refractivity contribution in [3.8, 4) is 0 Å². The van der Waals surface area contributed by atoms with Crippen LogP contribution in [0.15, 0.2) is 30.6 Å². The second-order valence-corrected chi connectivity index (χ2v) is 5.58. The molecule has 0 amide bonds. The van der Waals surface area contributed by atoms with Crippen LogP contribution >= 0.6 is 0 Å². The van der Waals surface area contributed by atoms with Gasteiger partial charge in [-0.05, 0) is 57.3 Å². The van der Waals surface area contributed by atoms with Gasteiger partial charge >= 0.3 is 0 Å². The van der Waals surface area contributed by atoms with Crippen LogP contribution in [0.1, 0.15) is 24.2 Å². The molecule has 2 aromatic heterocycles. The topological polar surface area (TPSA) is 62.7 Å². The van der Waals surface area contributed by atoms with Gasteiger partial charge in [0, 0.05) is 17.5 Å². The molecule has 21 heavy (non-hydrogen) atoms. The maximum absolute atomic E-state index is 4.43. The molecule has 3 heterocycles. The highest BCUT2D eigenvalue weighted by atomic mass is 15.1. The third kappa shape index (κ3) is 3.98. The van der Waals surface area contributed by atoms with E-state index in [2.05, 4.69) is 25.6 Å². The minimum absolute atomic E-state index is 0.728. The molecular formula is C16H21N5. The van der Waals surface area contributed by atoms with Gasteiger partial charge in [0.15, 0.2) is 0 Å². The molecule has 0 aliphatic carbocycles. The molecule has 0 radical (unpaired) electrons. The van der Waals surface area contributed by atoms with E-state index in [9.17, 15) is 0 Å². The normalized spacial score (nSPS) is 15.9. The number of nitrogens with zero attached hydrogens (tertiary/aromatic N) is 3. The minimum Gasteiger partial charge on any atom is -0.325 e. The molecule has 110 valence electrons. The largest absolute Gasteiger partial charge is 0.325 e. The molecule has 0 aromatic carbocycles. The molecule has 2 aromatic rings. The number of nitrogens with one attached hydrogen (secondary N) is 2. The Labute approximate surface area is 125 Å². The lowest BCUT2D eigenvalue weighted by molar-refractivity contribution is 0.370. The van der Waals surface area contributed by atoms with Crippen molar-refractivity contribution in [3.63, 3.8) is 0 Å². The summed E-state index contributed by atoms with van der Waals surface area (Å²) >= 11 is 0. The Kier molecular flexibility index (Phi) is 4.40. The quantitative estimate of drug-likeness (QED) is 0.902. The van der Waals surface area contributed by atoms with E-state index in [0.29, 0.717) is 0 Å². The minimum atomic E-state index is 0.728. The lowest BCUT2D eigenvalue weighted by Gasteiger charge is -2.22. The monoisotopic (exact) mass is 283 g/mol. The number of aryl methyl sites for hydroxylation is 1. The Hall–Kier alpha value is -2.01. The molecular weight excluding hydrogens is 262 g/mol. The summed E-state index contributed by atoms with van der Waals surface area (Å²) in [7, 11) is 0. The lowest BCUT2D eigenvalue weighted by Crippen LogP contribution is -2.28. The number of hydrogen-bond donors (Lipinski definition) is 2. The number of anilines is 2. The zero-order chi connectivity index (χ0) is 14.5. The summed E-state index contributed by atoms with van der Waals surface area (Å²) in [6.45, 7) is 4.22. The summed E-state index contributed by atoms with van der Waals surface area (Å²) in [5, 5.41) is 6.64. The maximum Gasteiger partial charge on any atom is 0.135 e. The van der Waals surface area contributed by atoms with Crippen molar-refractivity contribution >= 4 is 11.6 Å². The first-order valence-electron chi connectivity index (χ1n) is 7.52. The average Bonchev–Trinajstić information content (AvgIpc) is 2.49. The Morgan fingerprint density at radius 3 is 2.86 bits per heavy atom. The Balaban J connectivity index is 1.67.